The van der Waals surface area contributed by atoms with Crippen LogP contribution in [0.25, 0.3) is 0 Å². The lowest BCUT2D eigenvalue weighted by molar-refractivity contribution is 0.0123. The molecule has 0 aliphatic carbocycles. The first kappa shape index (κ1) is 16.0. The maximum atomic E-state index is 5.47. The van der Waals surface area contributed by atoms with Crippen molar-refractivity contribution in [2.45, 2.75) is 39.8 Å². The fourth-order valence-corrected chi connectivity index (χ4v) is 3.66. The van der Waals surface area contributed by atoms with Crippen molar-refractivity contribution >= 4 is 11.3 Å². The maximum absolute atomic E-state index is 5.47. The topological polar surface area (TPSA) is 24.5 Å². The van der Waals surface area contributed by atoms with Gasteiger partial charge in [0.15, 0.2) is 0 Å². The van der Waals surface area contributed by atoms with E-state index in [9.17, 15) is 0 Å². The molecule has 4 heteroatoms. The molecule has 0 bridgehead atoms. The third kappa shape index (κ3) is 4.85. The highest BCUT2D eigenvalue weighted by Gasteiger charge is 2.21. The number of morpholine rings is 1. The van der Waals surface area contributed by atoms with Gasteiger partial charge in [-0.05, 0) is 36.3 Å². The number of nitrogens with one attached hydrogen (secondary N) is 1. The minimum Gasteiger partial charge on any atom is -0.379 e. The summed E-state index contributed by atoms with van der Waals surface area (Å²) < 4.78 is 5.47. The van der Waals surface area contributed by atoms with Crippen LogP contribution in [0.5, 0.6) is 0 Å². The molecule has 1 aromatic heterocycles. The highest BCUT2D eigenvalue weighted by atomic mass is 32.1. The van der Waals surface area contributed by atoms with Crippen molar-refractivity contribution in [3.63, 3.8) is 0 Å². The molecule has 0 spiro atoms. The summed E-state index contributed by atoms with van der Waals surface area (Å²) in [6.45, 7) is 12.8. The molecule has 20 heavy (non-hydrogen) atoms. The van der Waals surface area contributed by atoms with Gasteiger partial charge in [0.1, 0.15) is 0 Å². The zero-order valence-corrected chi connectivity index (χ0v) is 13.8. The molecule has 2 heterocycles. The molecule has 0 amide bonds. The van der Waals surface area contributed by atoms with E-state index in [1.54, 1.807) is 0 Å². The SMILES string of the molecule is Cc1ccsc1CNCC(CC(C)C)N1CCOCC1. The first-order chi connectivity index (χ1) is 9.66. The van der Waals surface area contributed by atoms with Crippen LogP contribution in [0.15, 0.2) is 11.4 Å². The van der Waals surface area contributed by atoms with Gasteiger partial charge in [0, 0.05) is 37.1 Å². The number of aryl methyl sites for hydroxylation is 1. The van der Waals surface area contributed by atoms with Crippen LogP contribution in [0, 0.1) is 12.8 Å². The van der Waals surface area contributed by atoms with Crippen molar-refractivity contribution in [2.75, 3.05) is 32.8 Å². The third-order valence-corrected chi connectivity index (χ3v) is 4.96. The molecular formula is C16H28N2OS. The summed E-state index contributed by atoms with van der Waals surface area (Å²) in [4.78, 5) is 4.06. The Bertz CT molecular complexity index is 386. The summed E-state index contributed by atoms with van der Waals surface area (Å²) in [5.74, 6) is 0.744. The van der Waals surface area contributed by atoms with Crippen LogP contribution in [-0.2, 0) is 11.3 Å². The Morgan fingerprint density at radius 2 is 2.10 bits per heavy atom. The largest absolute Gasteiger partial charge is 0.379 e. The summed E-state index contributed by atoms with van der Waals surface area (Å²) in [6.07, 6.45) is 1.26. The molecule has 1 saturated heterocycles. The highest BCUT2D eigenvalue weighted by molar-refractivity contribution is 7.10. The second-order valence-electron chi connectivity index (χ2n) is 6.09. The Morgan fingerprint density at radius 3 is 2.70 bits per heavy atom. The summed E-state index contributed by atoms with van der Waals surface area (Å²) in [5, 5.41) is 5.84. The van der Waals surface area contributed by atoms with Gasteiger partial charge in [0.25, 0.3) is 0 Å². The lowest BCUT2D eigenvalue weighted by Crippen LogP contribution is -2.48. The average Bonchev–Trinajstić information content (AvgIpc) is 2.84. The maximum Gasteiger partial charge on any atom is 0.0594 e. The molecule has 1 atom stereocenters. The van der Waals surface area contributed by atoms with Crippen molar-refractivity contribution in [3.8, 4) is 0 Å². The predicted molar refractivity (Wildman–Crippen MR) is 86.4 cm³/mol. The van der Waals surface area contributed by atoms with E-state index in [0.717, 1.165) is 45.3 Å². The van der Waals surface area contributed by atoms with E-state index in [1.165, 1.54) is 16.9 Å². The molecule has 3 nitrogen and oxygen atoms in total. The second kappa shape index (κ2) is 8.13. The van der Waals surface area contributed by atoms with Crippen molar-refractivity contribution in [1.29, 1.82) is 0 Å². The molecular weight excluding hydrogens is 268 g/mol. The minimum absolute atomic E-state index is 0.638. The molecule has 0 aromatic carbocycles. The van der Waals surface area contributed by atoms with Gasteiger partial charge in [-0.3, -0.25) is 4.90 Å². The van der Waals surface area contributed by atoms with Gasteiger partial charge in [-0.2, -0.15) is 0 Å². The predicted octanol–water partition coefficient (Wildman–Crippen LogP) is 2.89. The number of hydrogen-bond acceptors (Lipinski definition) is 4. The van der Waals surface area contributed by atoms with E-state index in [-0.39, 0.29) is 0 Å². The van der Waals surface area contributed by atoms with Crippen molar-refractivity contribution in [1.82, 2.24) is 10.2 Å². The van der Waals surface area contributed by atoms with Gasteiger partial charge in [0.05, 0.1) is 13.2 Å². The second-order valence-corrected chi connectivity index (χ2v) is 7.09. The van der Waals surface area contributed by atoms with Crippen molar-refractivity contribution in [3.05, 3.63) is 21.9 Å². The Labute approximate surface area is 127 Å². The van der Waals surface area contributed by atoms with Crippen LogP contribution in [0.4, 0.5) is 0 Å². The number of rotatable bonds is 7. The third-order valence-electron chi connectivity index (χ3n) is 3.94. The van der Waals surface area contributed by atoms with E-state index in [1.807, 2.05) is 11.3 Å². The van der Waals surface area contributed by atoms with Crippen LogP contribution < -0.4 is 5.32 Å². The Balaban J connectivity index is 1.82. The minimum atomic E-state index is 0.638. The zero-order chi connectivity index (χ0) is 14.4. The molecule has 1 aliphatic rings. The number of ether oxygens (including phenoxy) is 1. The van der Waals surface area contributed by atoms with Crippen LogP contribution in [0.2, 0.25) is 0 Å². The zero-order valence-electron chi connectivity index (χ0n) is 13.0. The number of hydrogen-bond donors (Lipinski definition) is 1. The van der Waals surface area contributed by atoms with Gasteiger partial charge >= 0.3 is 0 Å². The van der Waals surface area contributed by atoms with Gasteiger partial charge in [-0.1, -0.05) is 13.8 Å². The van der Waals surface area contributed by atoms with E-state index in [0.29, 0.717) is 6.04 Å². The number of nitrogens with zero attached hydrogens (tertiary/aromatic N) is 1. The smallest absolute Gasteiger partial charge is 0.0594 e. The molecule has 2 rings (SSSR count). The Hall–Kier alpha value is -0.420. The first-order valence-corrected chi connectivity index (χ1v) is 8.60. The molecule has 1 aromatic rings. The molecule has 1 aliphatic heterocycles. The molecule has 0 radical (unpaired) electrons. The average molecular weight is 296 g/mol. The lowest BCUT2D eigenvalue weighted by atomic mass is 10.0. The standard InChI is InChI=1S/C16H28N2OS/c1-13(2)10-15(18-5-7-19-8-6-18)11-17-12-16-14(3)4-9-20-16/h4,9,13,15,17H,5-8,10-12H2,1-3H3. The van der Waals surface area contributed by atoms with Crippen molar-refractivity contribution < 1.29 is 4.74 Å². The van der Waals surface area contributed by atoms with E-state index < -0.39 is 0 Å². The molecule has 1 N–H and O–H groups in total. The molecule has 1 fully saturated rings. The molecule has 114 valence electrons. The van der Waals surface area contributed by atoms with Crippen LogP contribution >= 0.6 is 11.3 Å². The Kier molecular flexibility index (Phi) is 6.49. The van der Waals surface area contributed by atoms with Gasteiger partial charge in [-0.25, -0.2) is 0 Å². The Morgan fingerprint density at radius 1 is 1.35 bits per heavy atom. The van der Waals surface area contributed by atoms with E-state index in [2.05, 4.69) is 42.4 Å². The van der Waals surface area contributed by atoms with Crippen LogP contribution in [0.1, 0.15) is 30.7 Å². The summed E-state index contributed by atoms with van der Waals surface area (Å²) >= 11 is 1.85. The monoisotopic (exact) mass is 296 g/mol. The molecule has 0 saturated carbocycles. The summed E-state index contributed by atoms with van der Waals surface area (Å²) in [7, 11) is 0. The number of thiophene rings is 1. The quantitative estimate of drug-likeness (QED) is 0.837. The summed E-state index contributed by atoms with van der Waals surface area (Å²) in [6, 6.07) is 2.84. The van der Waals surface area contributed by atoms with Crippen LogP contribution in [0.3, 0.4) is 0 Å². The van der Waals surface area contributed by atoms with E-state index in [4.69, 9.17) is 4.74 Å². The van der Waals surface area contributed by atoms with Crippen LogP contribution in [-0.4, -0.2) is 43.8 Å². The fraction of sp³-hybridized carbons (Fsp3) is 0.750. The highest BCUT2D eigenvalue weighted by Crippen LogP contribution is 2.16. The lowest BCUT2D eigenvalue weighted by Gasteiger charge is -2.35. The van der Waals surface area contributed by atoms with Gasteiger partial charge in [-0.15, -0.1) is 11.3 Å². The fourth-order valence-electron chi connectivity index (χ4n) is 2.79. The molecule has 1 unspecified atom stereocenters. The van der Waals surface area contributed by atoms with Gasteiger partial charge in [0.2, 0.25) is 0 Å². The van der Waals surface area contributed by atoms with Crippen molar-refractivity contribution in [2.24, 2.45) is 5.92 Å². The van der Waals surface area contributed by atoms with E-state index >= 15 is 0 Å². The normalized spacial score (nSPS) is 18.6. The first-order valence-electron chi connectivity index (χ1n) is 7.72. The van der Waals surface area contributed by atoms with Gasteiger partial charge < -0.3 is 10.1 Å². The summed E-state index contributed by atoms with van der Waals surface area (Å²) in [5.41, 5.74) is 1.41.